The molecule has 2 amide bonds. The largest absolute Gasteiger partial charge is 0.416 e. The van der Waals surface area contributed by atoms with Gasteiger partial charge in [0, 0.05) is 6.54 Å². The number of alkyl halides is 3. The van der Waals surface area contributed by atoms with Gasteiger partial charge in [0.2, 0.25) is 5.91 Å². The highest BCUT2D eigenvalue weighted by molar-refractivity contribution is 7.99. The van der Waals surface area contributed by atoms with Crippen molar-refractivity contribution >= 4 is 52.5 Å². The molecule has 0 fully saturated rings. The van der Waals surface area contributed by atoms with Crippen molar-refractivity contribution in [3.63, 3.8) is 0 Å². The highest BCUT2D eigenvalue weighted by atomic mass is 35.5. The Kier molecular flexibility index (Phi) is 10.1. The molecule has 1 atom stereocenters. The highest BCUT2D eigenvalue weighted by Crippen LogP contribution is 2.34. The molecule has 0 saturated carbocycles. The van der Waals surface area contributed by atoms with E-state index in [1.807, 2.05) is 20.8 Å². The summed E-state index contributed by atoms with van der Waals surface area (Å²) in [4.78, 5) is 25.5. The summed E-state index contributed by atoms with van der Waals surface area (Å²) in [5, 5.41) is 14.6. The molecule has 7 nitrogen and oxygen atoms in total. The molecule has 13 heteroatoms. The van der Waals surface area contributed by atoms with Crippen molar-refractivity contribution in [2.24, 2.45) is 5.92 Å². The molecule has 1 heterocycles. The standard InChI is InChI=1S/C25H26Cl2F3N5O2S/c1-4-35-22(20(11-14(2)3)32-23(37)16-7-5-6-8-17(16)26)33-34-24(35)38-13-21(36)31-19-12-15(25(28,29)30)9-10-18(19)27/h5-10,12,14,20H,4,11,13H2,1-3H3,(H,31,36)(H,32,37)/t20-/m0/s1. The number of halogens is 5. The van der Waals surface area contributed by atoms with Crippen LogP contribution in [-0.2, 0) is 17.5 Å². The van der Waals surface area contributed by atoms with E-state index in [4.69, 9.17) is 23.2 Å². The van der Waals surface area contributed by atoms with Crippen LogP contribution in [0.2, 0.25) is 10.0 Å². The first-order chi connectivity index (χ1) is 17.9. The lowest BCUT2D eigenvalue weighted by atomic mass is 10.0. The highest BCUT2D eigenvalue weighted by Gasteiger charge is 2.31. The van der Waals surface area contributed by atoms with Crippen molar-refractivity contribution in [2.75, 3.05) is 11.1 Å². The molecule has 3 aromatic rings. The van der Waals surface area contributed by atoms with E-state index >= 15 is 0 Å². The van der Waals surface area contributed by atoms with Gasteiger partial charge in [-0.25, -0.2) is 0 Å². The molecule has 0 aliphatic carbocycles. The SMILES string of the molecule is CCn1c(SCC(=O)Nc2cc(C(F)(F)F)ccc2Cl)nnc1[C@H](CC(C)C)NC(=O)c1ccccc1Cl. The summed E-state index contributed by atoms with van der Waals surface area (Å²) in [7, 11) is 0. The van der Waals surface area contributed by atoms with Gasteiger partial charge in [-0.05, 0) is 49.6 Å². The number of benzene rings is 2. The third-order valence-electron chi connectivity index (χ3n) is 5.40. The lowest BCUT2D eigenvalue weighted by Gasteiger charge is -2.21. The minimum Gasteiger partial charge on any atom is -0.342 e. The predicted molar refractivity (Wildman–Crippen MR) is 143 cm³/mol. The number of hydrogen-bond acceptors (Lipinski definition) is 5. The quantitative estimate of drug-likeness (QED) is 0.253. The van der Waals surface area contributed by atoms with E-state index in [-0.39, 0.29) is 28.3 Å². The van der Waals surface area contributed by atoms with Gasteiger partial charge in [0.25, 0.3) is 5.91 Å². The van der Waals surface area contributed by atoms with Gasteiger partial charge in [-0.2, -0.15) is 13.2 Å². The Bertz CT molecular complexity index is 1300. The first kappa shape index (κ1) is 29.8. The van der Waals surface area contributed by atoms with Crippen LogP contribution in [0, 0.1) is 5.92 Å². The molecule has 38 heavy (non-hydrogen) atoms. The molecule has 0 radical (unpaired) electrons. The normalized spacial score (nSPS) is 12.4. The maximum absolute atomic E-state index is 13.0. The number of carbonyl (C=O) groups excluding carboxylic acids is 2. The fraction of sp³-hybridized carbons (Fsp3) is 0.360. The van der Waals surface area contributed by atoms with Gasteiger partial charge >= 0.3 is 6.18 Å². The maximum atomic E-state index is 13.0. The third-order valence-corrected chi connectivity index (χ3v) is 7.03. The van der Waals surface area contributed by atoms with Gasteiger partial charge in [-0.3, -0.25) is 9.59 Å². The summed E-state index contributed by atoms with van der Waals surface area (Å²) in [6.07, 6.45) is -3.99. The minimum atomic E-state index is -4.57. The van der Waals surface area contributed by atoms with E-state index in [0.717, 1.165) is 30.0 Å². The van der Waals surface area contributed by atoms with Crippen molar-refractivity contribution in [3.05, 3.63) is 69.5 Å². The smallest absolute Gasteiger partial charge is 0.342 e. The molecule has 0 spiro atoms. The molecular weight excluding hydrogens is 562 g/mol. The number of rotatable bonds is 10. The molecule has 0 aliphatic rings. The zero-order chi connectivity index (χ0) is 28.0. The first-order valence-electron chi connectivity index (χ1n) is 11.7. The van der Waals surface area contributed by atoms with Crippen LogP contribution in [-0.4, -0.2) is 32.3 Å². The molecule has 0 saturated heterocycles. The van der Waals surface area contributed by atoms with Gasteiger partial charge in [0.05, 0.1) is 38.7 Å². The first-order valence-corrected chi connectivity index (χ1v) is 13.4. The molecule has 2 aromatic carbocycles. The minimum absolute atomic E-state index is 0.0128. The summed E-state index contributed by atoms with van der Waals surface area (Å²) in [6, 6.07) is 8.96. The van der Waals surface area contributed by atoms with Gasteiger partial charge in [-0.15, -0.1) is 10.2 Å². The van der Waals surface area contributed by atoms with E-state index < -0.39 is 23.7 Å². The summed E-state index contributed by atoms with van der Waals surface area (Å²) in [6.45, 7) is 6.37. The van der Waals surface area contributed by atoms with E-state index in [1.165, 1.54) is 0 Å². The second-order valence-electron chi connectivity index (χ2n) is 8.75. The van der Waals surface area contributed by atoms with Crippen LogP contribution in [0.3, 0.4) is 0 Å². The summed E-state index contributed by atoms with van der Waals surface area (Å²) in [5.41, 5.74) is -0.718. The van der Waals surface area contributed by atoms with Crippen LogP contribution in [0.5, 0.6) is 0 Å². The lowest BCUT2D eigenvalue weighted by molar-refractivity contribution is -0.137. The van der Waals surface area contributed by atoms with E-state index in [9.17, 15) is 22.8 Å². The number of carbonyl (C=O) groups is 2. The Hall–Kier alpha value is -2.76. The van der Waals surface area contributed by atoms with Crippen LogP contribution in [0.25, 0.3) is 0 Å². The van der Waals surface area contributed by atoms with Crippen LogP contribution in [0.4, 0.5) is 18.9 Å². The van der Waals surface area contributed by atoms with Crippen LogP contribution >= 0.6 is 35.0 Å². The topological polar surface area (TPSA) is 88.9 Å². The van der Waals surface area contributed by atoms with Gasteiger partial charge < -0.3 is 15.2 Å². The number of hydrogen-bond donors (Lipinski definition) is 2. The Morgan fingerprint density at radius 2 is 1.79 bits per heavy atom. The Morgan fingerprint density at radius 1 is 1.08 bits per heavy atom. The molecule has 0 aliphatic heterocycles. The van der Waals surface area contributed by atoms with Gasteiger partial charge in [0.1, 0.15) is 0 Å². The number of nitrogens with zero attached hydrogens (tertiary/aromatic N) is 3. The Morgan fingerprint density at radius 3 is 2.42 bits per heavy atom. The van der Waals surface area contributed by atoms with Crippen molar-refractivity contribution in [1.29, 1.82) is 0 Å². The van der Waals surface area contributed by atoms with E-state index in [0.29, 0.717) is 34.5 Å². The molecule has 204 valence electrons. The van der Waals surface area contributed by atoms with Crippen molar-refractivity contribution in [1.82, 2.24) is 20.1 Å². The van der Waals surface area contributed by atoms with Gasteiger partial charge in [-0.1, -0.05) is 60.9 Å². The Labute approximate surface area is 232 Å². The summed E-state index contributed by atoms with van der Waals surface area (Å²) in [5.74, 6) is -0.323. The average molecular weight is 588 g/mol. The van der Waals surface area contributed by atoms with Crippen LogP contribution in [0.15, 0.2) is 47.6 Å². The molecule has 0 bridgehead atoms. The number of amides is 2. The molecule has 0 unspecified atom stereocenters. The fourth-order valence-electron chi connectivity index (χ4n) is 3.66. The number of nitrogens with one attached hydrogen (secondary N) is 2. The second-order valence-corrected chi connectivity index (χ2v) is 10.5. The zero-order valence-electron chi connectivity index (χ0n) is 20.8. The number of thioether (sulfide) groups is 1. The van der Waals surface area contributed by atoms with Crippen molar-refractivity contribution < 1.29 is 22.8 Å². The molecular formula is C25H26Cl2F3N5O2S. The maximum Gasteiger partial charge on any atom is 0.416 e. The van der Waals surface area contributed by atoms with Crippen LogP contribution in [0.1, 0.15) is 55.0 Å². The predicted octanol–water partition coefficient (Wildman–Crippen LogP) is 6.87. The zero-order valence-corrected chi connectivity index (χ0v) is 23.1. The average Bonchev–Trinajstić information content (AvgIpc) is 3.26. The third kappa shape index (κ3) is 7.64. The number of anilines is 1. The fourth-order valence-corrected chi connectivity index (χ4v) is 4.85. The van der Waals surface area contributed by atoms with E-state index in [2.05, 4.69) is 20.8 Å². The summed E-state index contributed by atoms with van der Waals surface area (Å²) >= 11 is 13.2. The number of aromatic nitrogens is 3. The van der Waals surface area contributed by atoms with E-state index in [1.54, 1.807) is 28.8 Å². The van der Waals surface area contributed by atoms with Crippen molar-refractivity contribution in [3.8, 4) is 0 Å². The molecule has 2 N–H and O–H groups in total. The molecule has 1 aromatic heterocycles. The Balaban J connectivity index is 1.75. The lowest BCUT2D eigenvalue weighted by Crippen LogP contribution is -2.31. The van der Waals surface area contributed by atoms with Crippen molar-refractivity contribution in [2.45, 2.75) is 51.1 Å². The monoisotopic (exact) mass is 587 g/mol. The molecule has 3 rings (SSSR count). The van der Waals surface area contributed by atoms with Gasteiger partial charge in [0.15, 0.2) is 11.0 Å². The second kappa shape index (κ2) is 12.9. The van der Waals surface area contributed by atoms with Crippen LogP contribution < -0.4 is 10.6 Å². The summed E-state index contributed by atoms with van der Waals surface area (Å²) < 4.78 is 40.9.